The van der Waals surface area contributed by atoms with Crippen molar-refractivity contribution in [3.05, 3.63) is 75.8 Å². The fraction of sp³-hybridized carbons (Fsp3) is 0.167. The van der Waals surface area contributed by atoms with E-state index < -0.39 is 20.7 Å². The molecule has 0 bridgehead atoms. The highest BCUT2D eigenvalue weighted by atomic mass is 79.9. The maximum absolute atomic E-state index is 14.4. The molecule has 0 aliphatic rings. The highest BCUT2D eigenvalue weighted by Gasteiger charge is 2.38. The number of hydrogen-bond donors (Lipinski definition) is 0. The standard InChI is InChI=1S/C18H12Br2ClF3N2/c1-9-16(12-5-3-10(22)7-14(12)21)17(26(2)25-9)18(19,20)13-6-4-11(23)8-15(13)24/h3-8H,1-2H3. The lowest BCUT2D eigenvalue weighted by molar-refractivity contribution is 0.570. The van der Waals surface area contributed by atoms with Gasteiger partial charge >= 0.3 is 0 Å². The van der Waals surface area contributed by atoms with Gasteiger partial charge in [0, 0.05) is 29.8 Å². The van der Waals surface area contributed by atoms with Crippen molar-refractivity contribution in [3.8, 4) is 11.1 Å². The molecule has 0 amide bonds. The molecule has 2 aromatic carbocycles. The van der Waals surface area contributed by atoms with Gasteiger partial charge in [0.1, 0.15) is 20.7 Å². The Kier molecular flexibility index (Phi) is 5.25. The van der Waals surface area contributed by atoms with Crippen LogP contribution in [-0.2, 0) is 10.3 Å². The summed E-state index contributed by atoms with van der Waals surface area (Å²) < 4.78 is 41.6. The van der Waals surface area contributed by atoms with Crippen molar-refractivity contribution in [2.75, 3.05) is 0 Å². The summed E-state index contributed by atoms with van der Waals surface area (Å²) in [6.45, 7) is 1.77. The van der Waals surface area contributed by atoms with Crippen LogP contribution in [0.4, 0.5) is 13.2 Å². The minimum absolute atomic E-state index is 0.168. The minimum Gasteiger partial charge on any atom is -0.269 e. The Balaban J connectivity index is 2.28. The van der Waals surface area contributed by atoms with E-state index in [-0.39, 0.29) is 10.6 Å². The first-order valence-electron chi connectivity index (χ1n) is 7.45. The van der Waals surface area contributed by atoms with Crippen molar-refractivity contribution in [1.29, 1.82) is 0 Å². The molecule has 8 heteroatoms. The molecule has 136 valence electrons. The summed E-state index contributed by atoms with van der Waals surface area (Å²) in [5.74, 6) is -1.87. The van der Waals surface area contributed by atoms with Gasteiger partial charge < -0.3 is 0 Å². The SMILES string of the molecule is Cc1nn(C)c(C(Br)(Br)c2ccc(F)cc2F)c1-c1ccc(F)cc1Cl. The zero-order valence-corrected chi connectivity index (χ0v) is 17.6. The summed E-state index contributed by atoms with van der Waals surface area (Å²) in [5, 5.41) is 4.60. The third-order valence-corrected chi connectivity index (χ3v) is 5.91. The number of aryl methyl sites for hydroxylation is 2. The molecule has 2 nitrogen and oxygen atoms in total. The van der Waals surface area contributed by atoms with Gasteiger partial charge in [-0.3, -0.25) is 4.68 Å². The number of hydrogen-bond acceptors (Lipinski definition) is 1. The first-order valence-corrected chi connectivity index (χ1v) is 9.42. The van der Waals surface area contributed by atoms with E-state index in [9.17, 15) is 13.2 Å². The van der Waals surface area contributed by atoms with E-state index in [4.69, 9.17) is 11.6 Å². The molecule has 1 aromatic heterocycles. The van der Waals surface area contributed by atoms with E-state index in [0.717, 1.165) is 6.07 Å². The third kappa shape index (κ3) is 3.32. The smallest absolute Gasteiger partial charge is 0.150 e. The van der Waals surface area contributed by atoms with Gasteiger partial charge in [-0.05, 0) is 31.2 Å². The Hall–Kier alpha value is -1.31. The van der Waals surface area contributed by atoms with Crippen molar-refractivity contribution in [2.24, 2.45) is 7.05 Å². The lowest BCUT2D eigenvalue weighted by Gasteiger charge is -2.24. The molecule has 0 N–H and O–H groups in total. The molecule has 3 rings (SSSR count). The van der Waals surface area contributed by atoms with E-state index in [1.54, 1.807) is 24.7 Å². The van der Waals surface area contributed by atoms with Gasteiger partial charge in [0.25, 0.3) is 0 Å². The summed E-state index contributed by atoms with van der Waals surface area (Å²) in [6, 6.07) is 7.36. The van der Waals surface area contributed by atoms with Crippen LogP contribution in [0.1, 0.15) is 17.0 Å². The molecule has 0 unspecified atom stereocenters. The van der Waals surface area contributed by atoms with E-state index >= 15 is 0 Å². The van der Waals surface area contributed by atoms with E-state index in [1.807, 2.05) is 0 Å². The average molecular weight is 509 g/mol. The van der Waals surface area contributed by atoms with Crippen LogP contribution in [-0.4, -0.2) is 9.78 Å². The van der Waals surface area contributed by atoms with Crippen molar-refractivity contribution < 1.29 is 13.2 Å². The second-order valence-corrected chi connectivity index (χ2v) is 9.61. The zero-order chi connectivity index (χ0) is 19.2. The predicted molar refractivity (Wildman–Crippen MR) is 103 cm³/mol. The van der Waals surface area contributed by atoms with E-state index in [0.29, 0.717) is 22.5 Å². The quantitative estimate of drug-likeness (QED) is 0.372. The Morgan fingerprint density at radius 1 is 1.04 bits per heavy atom. The van der Waals surface area contributed by atoms with E-state index in [2.05, 4.69) is 37.0 Å². The number of aromatic nitrogens is 2. The van der Waals surface area contributed by atoms with Gasteiger partial charge in [-0.15, -0.1) is 0 Å². The van der Waals surface area contributed by atoms with E-state index in [1.165, 1.54) is 24.3 Å². The van der Waals surface area contributed by atoms with Crippen molar-refractivity contribution in [3.63, 3.8) is 0 Å². The molecule has 0 spiro atoms. The van der Waals surface area contributed by atoms with Crippen molar-refractivity contribution in [1.82, 2.24) is 9.78 Å². The molecule has 0 fully saturated rings. The van der Waals surface area contributed by atoms with Gasteiger partial charge in [-0.1, -0.05) is 49.5 Å². The maximum Gasteiger partial charge on any atom is 0.150 e. The lowest BCUT2D eigenvalue weighted by Crippen LogP contribution is -2.19. The van der Waals surface area contributed by atoms with Gasteiger partial charge in [0.05, 0.1) is 16.4 Å². The van der Waals surface area contributed by atoms with Crippen molar-refractivity contribution in [2.45, 2.75) is 10.2 Å². The van der Waals surface area contributed by atoms with Gasteiger partial charge in [-0.25, -0.2) is 13.2 Å². The fourth-order valence-electron chi connectivity index (χ4n) is 2.90. The summed E-state index contributed by atoms with van der Waals surface area (Å²) in [4.78, 5) is 0. The molecule has 0 atom stereocenters. The molecule has 0 radical (unpaired) electrons. The van der Waals surface area contributed by atoms with Crippen LogP contribution < -0.4 is 0 Å². The predicted octanol–water partition coefficient (Wildman–Crippen LogP) is 6.46. The van der Waals surface area contributed by atoms with Crippen LogP contribution >= 0.6 is 43.5 Å². The second-order valence-electron chi connectivity index (χ2n) is 5.76. The van der Waals surface area contributed by atoms with Crippen LogP contribution in [0.15, 0.2) is 36.4 Å². The Morgan fingerprint density at radius 2 is 1.65 bits per heavy atom. The minimum atomic E-state index is -1.21. The lowest BCUT2D eigenvalue weighted by atomic mass is 9.98. The summed E-state index contributed by atoms with van der Waals surface area (Å²) >= 11 is 13.2. The molecule has 1 heterocycles. The first-order chi connectivity index (χ1) is 12.1. The van der Waals surface area contributed by atoms with Crippen LogP contribution in [0.2, 0.25) is 5.02 Å². The van der Waals surface area contributed by atoms with Gasteiger partial charge in [0.15, 0.2) is 0 Å². The fourth-order valence-corrected chi connectivity index (χ4v) is 4.72. The number of alkyl halides is 2. The van der Waals surface area contributed by atoms with Crippen LogP contribution in [0.3, 0.4) is 0 Å². The first kappa shape index (κ1) is 19.5. The summed E-state index contributed by atoms with van der Waals surface area (Å²) in [7, 11) is 1.70. The second kappa shape index (κ2) is 7.02. The monoisotopic (exact) mass is 506 g/mol. The van der Waals surface area contributed by atoms with Crippen LogP contribution in [0.25, 0.3) is 11.1 Å². The Bertz CT molecular complexity index is 1000. The molecular weight excluding hydrogens is 496 g/mol. The van der Waals surface area contributed by atoms with Gasteiger partial charge in [-0.2, -0.15) is 5.10 Å². The molecule has 0 aliphatic carbocycles. The Labute approximate surface area is 170 Å². The largest absolute Gasteiger partial charge is 0.269 e. The zero-order valence-electron chi connectivity index (χ0n) is 13.6. The summed E-state index contributed by atoms with van der Waals surface area (Å²) in [5.41, 5.74) is 2.51. The molecule has 3 aromatic rings. The molecule has 26 heavy (non-hydrogen) atoms. The average Bonchev–Trinajstić information content (AvgIpc) is 2.82. The van der Waals surface area contributed by atoms with Crippen LogP contribution in [0, 0.1) is 24.4 Å². The summed E-state index contributed by atoms with van der Waals surface area (Å²) in [6.07, 6.45) is 0. The highest BCUT2D eigenvalue weighted by Crippen LogP contribution is 2.50. The topological polar surface area (TPSA) is 17.8 Å². The molecular formula is C18H12Br2ClF3N2. The maximum atomic E-state index is 14.4. The molecule has 0 saturated heterocycles. The normalized spacial score (nSPS) is 11.8. The highest BCUT2D eigenvalue weighted by molar-refractivity contribution is 9.25. The molecule has 0 saturated carbocycles. The number of halogens is 6. The van der Waals surface area contributed by atoms with Gasteiger partial charge in [0.2, 0.25) is 0 Å². The Morgan fingerprint density at radius 3 is 2.27 bits per heavy atom. The van der Waals surface area contributed by atoms with Crippen molar-refractivity contribution >= 4 is 43.5 Å². The number of benzene rings is 2. The number of rotatable bonds is 3. The third-order valence-electron chi connectivity index (χ3n) is 3.99. The molecule has 0 aliphatic heterocycles. The van der Waals surface area contributed by atoms with Crippen LogP contribution in [0.5, 0.6) is 0 Å². The number of nitrogens with zero attached hydrogens (tertiary/aromatic N) is 2.